The molecule has 3 rings (SSSR count). The zero-order valence-electron chi connectivity index (χ0n) is 9.32. The largest absolute Gasteiger partial charge is 0.364 e. The third-order valence-electron chi connectivity index (χ3n) is 4.32. The number of nitrogens with zero attached hydrogens (tertiary/aromatic N) is 1. The van der Waals surface area contributed by atoms with Crippen molar-refractivity contribution in [3.63, 3.8) is 0 Å². The lowest BCUT2D eigenvalue weighted by Gasteiger charge is -2.50. The zero-order valence-corrected chi connectivity index (χ0v) is 9.32. The standard InChI is InChI=1S/C12H17NO3/c1-2-5-11-6-3-8-13(11)10(14)9-4-7-12(11,15)16-9/h2,9,15H,1,3-8H2/t9-,11-,12+/m0/s1. The maximum Gasteiger partial charge on any atom is 0.252 e. The zero-order chi connectivity index (χ0) is 11.4. The van der Waals surface area contributed by atoms with Gasteiger partial charge < -0.3 is 14.7 Å². The van der Waals surface area contributed by atoms with Crippen molar-refractivity contribution in [1.29, 1.82) is 0 Å². The highest BCUT2D eigenvalue weighted by molar-refractivity contribution is 5.84. The van der Waals surface area contributed by atoms with Crippen LogP contribution in [-0.4, -0.2) is 39.9 Å². The molecule has 0 radical (unpaired) electrons. The third kappa shape index (κ3) is 0.992. The Hall–Kier alpha value is -0.870. The van der Waals surface area contributed by atoms with Gasteiger partial charge in [0.15, 0.2) is 5.79 Å². The molecule has 16 heavy (non-hydrogen) atoms. The van der Waals surface area contributed by atoms with Gasteiger partial charge in [0, 0.05) is 13.0 Å². The number of hydrogen-bond donors (Lipinski definition) is 1. The molecular formula is C12H17NO3. The molecule has 1 N–H and O–H groups in total. The van der Waals surface area contributed by atoms with Gasteiger partial charge in [-0.05, 0) is 25.7 Å². The van der Waals surface area contributed by atoms with Crippen LogP contribution in [0.4, 0.5) is 0 Å². The van der Waals surface area contributed by atoms with E-state index in [1.54, 1.807) is 6.08 Å². The second kappa shape index (κ2) is 3.08. The summed E-state index contributed by atoms with van der Waals surface area (Å²) in [6.45, 7) is 4.49. The summed E-state index contributed by atoms with van der Waals surface area (Å²) in [6.07, 6.45) is 4.94. The Balaban J connectivity index is 2.08. The molecule has 0 unspecified atom stereocenters. The lowest BCUT2D eigenvalue weighted by Crippen LogP contribution is -2.67. The number of rotatable bonds is 2. The fourth-order valence-electron chi connectivity index (χ4n) is 3.59. The van der Waals surface area contributed by atoms with Crippen molar-refractivity contribution in [1.82, 2.24) is 4.90 Å². The van der Waals surface area contributed by atoms with E-state index in [2.05, 4.69) is 6.58 Å². The van der Waals surface area contributed by atoms with Gasteiger partial charge in [-0.3, -0.25) is 4.79 Å². The molecule has 3 aliphatic heterocycles. The molecule has 0 saturated carbocycles. The summed E-state index contributed by atoms with van der Waals surface area (Å²) in [7, 11) is 0. The number of morpholine rings is 1. The first-order valence-corrected chi connectivity index (χ1v) is 5.96. The molecule has 4 heteroatoms. The first kappa shape index (κ1) is 10.3. The van der Waals surface area contributed by atoms with E-state index in [1.165, 1.54) is 0 Å². The smallest absolute Gasteiger partial charge is 0.252 e. The Kier molecular flexibility index (Phi) is 1.98. The van der Waals surface area contributed by atoms with Crippen LogP contribution in [0.5, 0.6) is 0 Å². The average Bonchev–Trinajstić information content (AvgIpc) is 2.82. The van der Waals surface area contributed by atoms with E-state index < -0.39 is 17.4 Å². The van der Waals surface area contributed by atoms with E-state index >= 15 is 0 Å². The molecule has 3 heterocycles. The molecule has 3 saturated heterocycles. The van der Waals surface area contributed by atoms with Gasteiger partial charge in [-0.2, -0.15) is 0 Å². The summed E-state index contributed by atoms with van der Waals surface area (Å²) in [5.41, 5.74) is -0.543. The molecule has 3 aliphatic rings. The van der Waals surface area contributed by atoms with Crippen molar-refractivity contribution in [3.05, 3.63) is 12.7 Å². The molecule has 0 aromatic rings. The Morgan fingerprint density at radius 3 is 3.19 bits per heavy atom. The van der Waals surface area contributed by atoms with Crippen LogP contribution < -0.4 is 0 Å². The predicted molar refractivity (Wildman–Crippen MR) is 57.5 cm³/mol. The molecule has 0 aromatic carbocycles. The lowest BCUT2D eigenvalue weighted by molar-refractivity contribution is -0.279. The van der Waals surface area contributed by atoms with E-state index in [4.69, 9.17) is 4.74 Å². The Morgan fingerprint density at radius 1 is 1.62 bits per heavy atom. The van der Waals surface area contributed by atoms with Crippen molar-refractivity contribution in [2.45, 2.75) is 49.5 Å². The van der Waals surface area contributed by atoms with Crippen LogP contribution in [0, 0.1) is 0 Å². The molecule has 1 amide bonds. The summed E-state index contributed by atoms with van der Waals surface area (Å²) in [4.78, 5) is 14.0. The second-order valence-corrected chi connectivity index (χ2v) is 5.05. The van der Waals surface area contributed by atoms with Crippen LogP contribution in [0.1, 0.15) is 32.1 Å². The summed E-state index contributed by atoms with van der Waals surface area (Å²) < 4.78 is 5.58. The van der Waals surface area contributed by atoms with Crippen LogP contribution in [0.2, 0.25) is 0 Å². The van der Waals surface area contributed by atoms with Crippen LogP contribution in [0.25, 0.3) is 0 Å². The maximum absolute atomic E-state index is 12.1. The monoisotopic (exact) mass is 223 g/mol. The van der Waals surface area contributed by atoms with Crippen molar-refractivity contribution in [2.75, 3.05) is 6.54 Å². The fraction of sp³-hybridized carbons (Fsp3) is 0.750. The first-order valence-electron chi connectivity index (χ1n) is 5.96. The highest BCUT2D eigenvalue weighted by Crippen LogP contribution is 2.52. The maximum atomic E-state index is 12.1. The molecule has 0 aliphatic carbocycles. The molecule has 4 nitrogen and oxygen atoms in total. The van der Waals surface area contributed by atoms with Crippen molar-refractivity contribution >= 4 is 5.91 Å². The number of fused-ring (bicyclic) bond motifs is 4. The average molecular weight is 223 g/mol. The highest BCUT2D eigenvalue weighted by atomic mass is 16.6. The van der Waals surface area contributed by atoms with Gasteiger partial charge >= 0.3 is 0 Å². The number of hydrogen-bond acceptors (Lipinski definition) is 3. The minimum Gasteiger partial charge on any atom is -0.364 e. The van der Waals surface area contributed by atoms with E-state index in [0.29, 0.717) is 19.3 Å². The number of carbonyl (C=O) groups excluding carboxylic acids is 1. The highest BCUT2D eigenvalue weighted by Gasteiger charge is 2.66. The molecule has 0 aromatic heterocycles. The van der Waals surface area contributed by atoms with Crippen LogP contribution in [0.15, 0.2) is 12.7 Å². The van der Waals surface area contributed by atoms with Crippen LogP contribution >= 0.6 is 0 Å². The predicted octanol–water partition coefficient (Wildman–Crippen LogP) is 0.805. The second-order valence-electron chi connectivity index (χ2n) is 5.05. The molecule has 3 atom stereocenters. The normalized spacial score (nSPS) is 45.9. The van der Waals surface area contributed by atoms with Crippen molar-refractivity contribution in [2.24, 2.45) is 0 Å². The molecular weight excluding hydrogens is 206 g/mol. The van der Waals surface area contributed by atoms with E-state index in [-0.39, 0.29) is 5.91 Å². The minimum absolute atomic E-state index is 0.0570. The van der Waals surface area contributed by atoms with E-state index in [9.17, 15) is 9.90 Å². The summed E-state index contributed by atoms with van der Waals surface area (Å²) in [5, 5.41) is 10.6. The van der Waals surface area contributed by atoms with Gasteiger partial charge in [-0.25, -0.2) is 0 Å². The van der Waals surface area contributed by atoms with Gasteiger partial charge in [0.25, 0.3) is 5.91 Å². The Morgan fingerprint density at radius 2 is 2.44 bits per heavy atom. The number of aliphatic hydroxyl groups is 1. The first-order chi connectivity index (χ1) is 7.63. The molecule has 88 valence electrons. The fourth-order valence-corrected chi connectivity index (χ4v) is 3.59. The van der Waals surface area contributed by atoms with E-state index in [0.717, 1.165) is 19.4 Å². The molecule has 2 bridgehead atoms. The van der Waals surface area contributed by atoms with E-state index in [1.807, 2.05) is 4.90 Å². The summed E-state index contributed by atoms with van der Waals surface area (Å²) >= 11 is 0. The quantitative estimate of drug-likeness (QED) is 0.705. The van der Waals surface area contributed by atoms with Gasteiger partial charge in [-0.15, -0.1) is 6.58 Å². The Labute approximate surface area is 94.9 Å². The third-order valence-corrected chi connectivity index (χ3v) is 4.32. The van der Waals surface area contributed by atoms with Crippen molar-refractivity contribution < 1.29 is 14.6 Å². The van der Waals surface area contributed by atoms with Crippen molar-refractivity contribution in [3.8, 4) is 0 Å². The van der Waals surface area contributed by atoms with Gasteiger partial charge in [-0.1, -0.05) is 6.08 Å². The topological polar surface area (TPSA) is 49.8 Å². The molecule has 0 spiro atoms. The number of ether oxygens (including phenoxy) is 1. The Bertz CT molecular complexity index is 356. The summed E-state index contributed by atoms with van der Waals surface area (Å²) in [6, 6.07) is 0. The SMILES string of the molecule is C=CC[C@@]12CCCN1C(=O)[C@@H]1CC[C@@]2(O)O1. The van der Waals surface area contributed by atoms with Crippen LogP contribution in [0.3, 0.4) is 0 Å². The minimum atomic E-state index is -1.14. The van der Waals surface area contributed by atoms with Crippen LogP contribution in [-0.2, 0) is 9.53 Å². The summed E-state index contributed by atoms with van der Waals surface area (Å²) in [5.74, 6) is -1.09. The van der Waals surface area contributed by atoms with Gasteiger partial charge in [0.05, 0.1) is 5.54 Å². The van der Waals surface area contributed by atoms with Gasteiger partial charge in [0.1, 0.15) is 6.10 Å². The van der Waals surface area contributed by atoms with Gasteiger partial charge in [0.2, 0.25) is 0 Å². The number of amides is 1. The molecule has 3 fully saturated rings. The number of carbonyl (C=O) groups is 1. The lowest BCUT2D eigenvalue weighted by atomic mass is 9.81.